The van der Waals surface area contributed by atoms with Crippen LogP contribution in [-0.4, -0.2) is 36.7 Å². The zero-order chi connectivity index (χ0) is 23.8. The number of aromatic amines is 1. The summed E-state index contributed by atoms with van der Waals surface area (Å²) >= 11 is 6.25. The van der Waals surface area contributed by atoms with Crippen molar-refractivity contribution in [3.8, 4) is 17.2 Å². The molecule has 0 bridgehead atoms. The first kappa shape index (κ1) is 22.1. The Kier molecular flexibility index (Phi) is 5.79. The van der Waals surface area contributed by atoms with Crippen molar-refractivity contribution in [1.29, 1.82) is 0 Å². The van der Waals surface area contributed by atoms with Crippen LogP contribution in [0.25, 0.3) is 10.9 Å². The Morgan fingerprint density at radius 2 is 1.79 bits per heavy atom. The van der Waals surface area contributed by atoms with E-state index < -0.39 is 18.0 Å². The number of fused-ring (bicyclic) bond motifs is 3. The van der Waals surface area contributed by atoms with Crippen molar-refractivity contribution in [1.82, 2.24) is 9.88 Å². The van der Waals surface area contributed by atoms with Crippen LogP contribution in [0.3, 0.4) is 0 Å². The number of aromatic nitrogens is 1. The van der Waals surface area contributed by atoms with E-state index in [1.54, 1.807) is 48.4 Å². The molecule has 0 aliphatic carbocycles. The summed E-state index contributed by atoms with van der Waals surface area (Å²) in [5.74, 6) is 0.677. The molecule has 5 rings (SSSR count). The van der Waals surface area contributed by atoms with E-state index in [9.17, 15) is 9.18 Å². The lowest BCUT2D eigenvalue weighted by molar-refractivity contribution is 0.135. The molecule has 34 heavy (non-hydrogen) atoms. The zero-order valence-corrected chi connectivity index (χ0v) is 19.4. The number of nitrogens with one attached hydrogen (secondary N) is 1. The molecule has 1 atom stereocenters. The number of ether oxygens (including phenoxy) is 3. The minimum absolute atomic E-state index is 0.135. The summed E-state index contributed by atoms with van der Waals surface area (Å²) in [7, 11) is 2.98. The van der Waals surface area contributed by atoms with Crippen LogP contribution in [0.15, 0.2) is 60.7 Å². The molecule has 1 aliphatic rings. The molecule has 6 nitrogen and oxygen atoms in total. The Hall–Kier alpha value is -3.71. The summed E-state index contributed by atoms with van der Waals surface area (Å²) in [6.45, 7) is 0.389. The molecule has 0 radical (unpaired) electrons. The Labute approximate surface area is 200 Å². The number of benzene rings is 3. The topological polar surface area (TPSA) is 63.8 Å². The molecule has 174 valence electrons. The Balaban J connectivity index is 1.57. The van der Waals surface area contributed by atoms with E-state index in [0.717, 1.165) is 22.2 Å². The average molecular weight is 481 g/mol. The fraction of sp³-hybridized carbons (Fsp3) is 0.192. The normalized spacial score (nSPS) is 15.2. The molecule has 2 heterocycles. The smallest absolute Gasteiger partial charge is 0.416 e. The van der Waals surface area contributed by atoms with Gasteiger partial charge in [-0.05, 0) is 72.1 Å². The van der Waals surface area contributed by atoms with Gasteiger partial charge in [-0.15, -0.1) is 0 Å². The summed E-state index contributed by atoms with van der Waals surface area (Å²) in [6.07, 6.45) is 0.0661. The first-order valence-electron chi connectivity index (χ1n) is 10.7. The lowest BCUT2D eigenvalue weighted by atomic mass is 9.92. The van der Waals surface area contributed by atoms with E-state index in [4.69, 9.17) is 25.8 Å². The lowest BCUT2D eigenvalue weighted by Crippen LogP contribution is -2.42. The van der Waals surface area contributed by atoms with Crippen molar-refractivity contribution in [3.05, 3.63) is 88.3 Å². The van der Waals surface area contributed by atoms with E-state index in [0.29, 0.717) is 35.1 Å². The Bertz CT molecular complexity index is 1370. The molecule has 1 aromatic heterocycles. The maximum absolute atomic E-state index is 14.7. The van der Waals surface area contributed by atoms with Gasteiger partial charge in [0.25, 0.3) is 0 Å². The number of nitrogens with zero attached hydrogens (tertiary/aromatic N) is 1. The van der Waals surface area contributed by atoms with Gasteiger partial charge in [-0.25, -0.2) is 9.18 Å². The van der Waals surface area contributed by atoms with Crippen LogP contribution in [0.5, 0.6) is 17.2 Å². The van der Waals surface area contributed by atoms with E-state index in [-0.39, 0.29) is 5.75 Å². The van der Waals surface area contributed by atoms with Crippen molar-refractivity contribution < 1.29 is 23.4 Å². The number of carbonyl (C=O) groups excluding carboxylic acids is 1. The summed E-state index contributed by atoms with van der Waals surface area (Å²) in [5, 5.41) is 1.62. The largest absolute Gasteiger partial charge is 0.497 e. The monoisotopic (exact) mass is 480 g/mol. The molecule has 0 spiro atoms. The van der Waals surface area contributed by atoms with Crippen LogP contribution in [0.4, 0.5) is 9.18 Å². The SMILES string of the molecule is COc1ccc(OC(=O)N2CCc3c([nH]c4ccc(Cl)cc34)C2c2ccc(OC)c(F)c2)cc1. The molecule has 1 unspecified atom stereocenters. The highest BCUT2D eigenvalue weighted by Gasteiger charge is 2.36. The highest BCUT2D eigenvalue weighted by atomic mass is 35.5. The van der Waals surface area contributed by atoms with Gasteiger partial charge in [-0.2, -0.15) is 0 Å². The fourth-order valence-electron chi connectivity index (χ4n) is 4.46. The lowest BCUT2D eigenvalue weighted by Gasteiger charge is -2.35. The van der Waals surface area contributed by atoms with E-state index >= 15 is 0 Å². The quantitative estimate of drug-likeness (QED) is 0.382. The average Bonchev–Trinajstić information content (AvgIpc) is 3.21. The molecule has 1 amide bonds. The summed E-state index contributed by atoms with van der Waals surface area (Å²) in [6, 6.07) is 16.5. The van der Waals surface area contributed by atoms with Gasteiger partial charge in [0, 0.05) is 28.2 Å². The number of rotatable bonds is 4. The van der Waals surface area contributed by atoms with Crippen LogP contribution in [0, 0.1) is 5.82 Å². The molecule has 0 saturated carbocycles. The van der Waals surface area contributed by atoms with Gasteiger partial charge >= 0.3 is 6.09 Å². The van der Waals surface area contributed by atoms with Gasteiger partial charge < -0.3 is 19.2 Å². The number of carbonyl (C=O) groups is 1. The molecule has 8 heteroatoms. The van der Waals surface area contributed by atoms with Gasteiger partial charge in [0.2, 0.25) is 0 Å². The first-order valence-corrected chi connectivity index (χ1v) is 11.1. The number of hydrogen-bond donors (Lipinski definition) is 1. The molecule has 3 aromatic carbocycles. The van der Waals surface area contributed by atoms with Crippen LogP contribution in [0.1, 0.15) is 22.9 Å². The molecule has 1 N–H and O–H groups in total. The van der Waals surface area contributed by atoms with Gasteiger partial charge in [-0.3, -0.25) is 4.90 Å². The fourth-order valence-corrected chi connectivity index (χ4v) is 4.63. The maximum atomic E-state index is 14.7. The molecular weight excluding hydrogens is 459 g/mol. The molecule has 4 aromatic rings. The minimum Gasteiger partial charge on any atom is -0.497 e. The van der Waals surface area contributed by atoms with E-state index in [1.165, 1.54) is 13.2 Å². The highest BCUT2D eigenvalue weighted by Crippen LogP contribution is 2.40. The summed E-state index contributed by atoms with van der Waals surface area (Å²) < 4.78 is 30.6. The van der Waals surface area contributed by atoms with E-state index in [2.05, 4.69) is 4.98 Å². The van der Waals surface area contributed by atoms with Crippen molar-refractivity contribution in [3.63, 3.8) is 0 Å². The number of hydrogen-bond acceptors (Lipinski definition) is 4. The van der Waals surface area contributed by atoms with Crippen molar-refractivity contribution in [2.75, 3.05) is 20.8 Å². The second kappa shape index (κ2) is 8.91. The van der Waals surface area contributed by atoms with Gasteiger partial charge in [-0.1, -0.05) is 17.7 Å². The predicted molar refractivity (Wildman–Crippen MR) is 128 cm³/mol. The van der Waals surface area contributed by atoms with Crippen molar-refractivity contribution in [2.45, 2.75) is 12.5 Å². The first-order chi connectivity index (χ1) is 16.5. The van der Waals surface area contributed by atoms with Crippen LogP contribution in [0.2, 0.25) is 5.02 Å². The molecule has 1 aliphatic heterocycles. The van der Waals surface area contributed by atoms with Crippen molar-refractivity contribution >= 4 is 28.6 Å². The third kappa shape index (κ3) is 3.92. The standard InChI is InChI=1S/C26H22ClFN2O4/c1-32-17-5-7-18(8-6-17)34-26(31)30-12-11-19-20-14-16(27)4-9-22(20)29-24(19)25(30)15-3-10-23(33-2)21(28)13-15/h3-10,13-14,25,29H,11-12H2,1-2H3. The number of halogens is 2. The summed E-state index contributed by atoms with van der Waals surface area (Å²) in [4.78, 5) is 18.3. The maximum Gasteiger partial charge on any atom is 0.416 e. The van der Waals surface area contributed by atoms with Crippen LogP contribution < -0.4 is 14.2 Å². The second-order valence-electron chi connectivity index (χ2n) is 7.99. The second-order valence-corrected chi connectivity index (χ2v) is 8.43. The Morgan fingerprint density at radius 1 is 1.03 bits per heavy atom. The van der Waals surface area contributed by atoms with Crippen LogP contribution in [-0.2, 0) is 6.42 Å². The Morgan fingerprint density at radius 3 is 2.50 bits per heavy atom. The van der Waals surface area contributed by atoms with E-state index in [1.807, 2.05) is 18.2 Å². The van der Waals surface area contributed by atoms with Gasteiger partial charge in [0.05, 0.1) is 14.2 Å². The predicted octanol–water partition coefficient (Wildman–Crippen LogP) is 6.12. The van der Waals surface area contributed by atoms with Crippen molar-refractivity contribution in [2.24, 2.45) is 0 Å². The highest BCUT2D eigenvalue weighted by molar-refractivity contribution is 6.31. The summed E-state index contributed by atoms with van der Waals surface area (Å²) in [5.41, 5.74) is 3.36. The number of amides is 1. The molecular formula is C26H22ClFN2O4. The third-order valence-electron chi connectivity index (χ3n) is 6.08. The number of methoxy groups -OCH3 is 2. The molecule has 0 fully saturated rings. The minimum atomic E-state index is -0.582. The molecule has 0 saturated heterocycles. The number of H-pyrrole nitrogens is 1. The third-order valence-corrected chi connectivity index (χ3v) is 6.31. The van der Waals surface area contributed by atoms with Crippen LogP contribution >= 0.6 is 11.6 Å². The van der Waals surface area contributed by atoms with Gasteiger partial charge in [0.1, 0.15) is 17.5 Å². The van der Waals surface area contributed by atoms with Gasteiger partial charge in [0.15, 0.2) is 11.6 Å². The zero-order valence-electron chi connectivity index (χ0n) is 18.6.